The van der Waals surface area contributed by atoms with Gasteiger partial charge in [0, 0.05) is 35.9 Å². The first-order valence-corrected chi connectivity index (χ1v) is 9.22. The van der Waals surface area contributed by atoms with Crippen LogP contribution in [0.2, 0.25) is 0 Å². The molecule has 4 aromatic rings. The Labute approximate surface area is 157 Å². The number of nitrogens with zero attached hydrogens (tertiary/aromatic N) is 4. The number of aromatic nitrogens is 4. The molecule has 0 spiro atoms. The average Bonchev–Trinajstić information content (AvgIpc) is 3.33. The van der Waals surface area contributed by atoms with Gasteiger partial charge < -0.3 is 15.2 Å². The maximum absolute atomic E-state index is 4.67. The van der Waals surface area contributed by atoms with Crippen LogP contribution in [-0.4, -0.2) is 33.3 Å². The SMILES string of the molecule is c1ccc2c(c1)CCN2c1nncc(NCCc2c[nH]c3ccccc23)n1. The molecule has 3 heterocycles. The molecule has 0 saturated heterocycles. The molecule has 0 fully saturated rings. The predicted molar refractivity (Wildman–Crippen MR) is 107 cm³/mol. The standard InChI is InChI=1S/C21H20N6/c1-4-8-19-15(5-1)10-12-27(19)21-25-20(14-24-26-21)22-11-9-16-13-23-18-7-3-2-6-17(16)18/h1-8,13-14,23H,9-12H2,(H,22,25,26). The normalized spacial score (nSPS) is 13.1. The molecule has 1 aliphatic rings. The molecule has 0 atom stereocenters. The number of hydrogen-bond acceptors (Lipinski definition) is 5. The summed E-state index contributed by atoms with van der Waals surface area (Å²) in [4.78, 5) is 10.1. The van der Waals surface area contributed by atoms with Crippen LogP contribution < -0.4 is 10.2 Å². The molecule has 27 heavy (non-hydrogen) atoms. The van der Waals surface area contributed by atoms with Crippen molar-refractivity contribution in [1.29, 1.82) is 0 Å². The van der Waals surface area contributed by atoms with Crippen molar-refractivity contribution in [2.24, 2.45) is 0 Å². The van der Waals surface area contributed by atoms with Gasteiger partial charge in [0.25, 0.3) is 5.95 Å². The lowest BCUT2D eigenvalue weighted by Crippen LogP contribution is -2.18. The highest BCUT2D eigenvalue weighted by Crippen LogP contribution is 2.32. The summed E-state index contributed by atoms with van der Waals surface area (Å²) in [6, 6.07) is 16.8. The van der Waals surface area contributed by atoms with Gasteiger partial charge in [-0.3, -0.25) is 0 Å². The fraction of sp³-hybridized carbons (Fsp3) is 0.190. The molecular weight excluding hydrogens is 336 g/mol. The molecule has 2 aromatic carbocycles. The van der Waals surface area contributed by atoms with E-state index in [2.05, 4.69) is 73.0 Å². The second-order valence-electron chi connectivity index (χ2n) is 6.71. The third kappa shape index (κ3) is 2.99. The predicted octanol–water partition coefficient (Wildman–Crippen LogP) is 3.70. The molecule has 2 aromatic heterocycles. The van der Waals surface area contributed by atoms with E-state index in [0.29, 0.717) is 5.95 Å². The maximum Gasteiger partial charge on any atom is 0.251 e. The molecule has 1 aliphatic heterocycles. The van der Waals surface area contributed by atoms with E-state index in [0.717, 1.165) is 31.7 Å². The van der Waals surface area contributed by atoms with Crippen molar-refractivity contribution < 1.29 is 0 Å². The zero-order chi connectivity index (χ0) is 18.1. The van der Waals surface area contributed by atoms with Crippen LogP contribution in [-0.2, 0) is 12.8 Å². The Kier molecular flexibility index (Phi) is 3.93. The van der Waals surface area contributed by atoms with Gasteiger partial charge in [-0.25, -0.2) is 0 Å². The lowest BCUT2D eigenvalue weighted by molar-refractivity contribution is 0.879. The van der Waals surface area contributed by atoms with Crippen molar-refractivity contribution in [1.82, 2.24) is 20.2 Å². The Hall–Kier alpha value is -3.41. The molecule has 134 valence electrons. The van der Waals surface area contributed by atoms with Crippen LogP contribution in [0.4, 0.5) is 17.5 Å². The van der Waals surface area contributed by atoms with E-state index >= 15 is 0 Å². The number of para-hydroxylation sites is 2. The largest absolute Gasteiger partial charge is 0.368 e. The Balaban J connectivity index is 1.29. The van der Waals surface area contributed by atoms with E-state index in [4.69, 9.17) is 0 Å². The van der Waals surface area contributed by atoms with Crippen LogP contribution in [0.15, 0.2) is 60.9 Å². The Bertz CT molecular complexity index is 1090. The number of aromatic amines is 1. The molecule has 0 aliphatic carbocycles. The number of H-pyrrole nitrogens is 1. The van der Waals surface area contributed by atoms with Crippen LogP contribution >= 0.6 is 0 Å². The molecule has 0 bridgehead atoms. The molecule has 0 saturated carbocycles. The molecule has 0 unspecified atom stereocenters. The Morgan fingerprint density at radius 1 is 1.07 bits per heavy atom. The van der Waals surface area contributed by atoms with Crippen LogP contribution in [0.25, 0.3) is 10.9 Å². The molecular formula is C21H20N6. The van der Waals surface area contributed by atoms with Crippen molar-refractivity contribution in [2.45, 2.75) is 12.8 Å². The van der Waals surface area contributed by atoms with Gasteiger partial charge >= 0.3 is 0 Å². The van der Waals surface area contributed by atoms with Gasteiger partial charge in [-0.1, -0.05) is 36.4 Å². The highest BCUT2D eigenvalue weighted by Gasteiger charge is 2.22. The van der Waals surface area contributed by atoms with E-state index in [9.17, 15) is 0 Å². The Morgan fingerprint density at radius 3 is 2.96 bits per heavy atom. The topological polar surface area (TPSA) is 69.7 Å². The summed E-state index contributed by atoms with van der Waals surface area (Å²) in [7, 11) is 0. The summed E-state index contributed by atoms with van der Waals surface area (Å²) in [6.45, 7) is 1.68. The first kappa shape index (κ1) is 15.8. The van der Waals surface area contributed by atoms with Gasteiger partial charge in [0.05, 0.1) is 6.20 Å². The maximum atomic E-state index is 4.67. The van der Waals surface area contributed by atoms with Crippen molar-refractivity contribution in [3.63, 3.8) is 0 Å². The Morgan fingerprint density at radius 2 is 1.96 bits per heavy atom. The van der Waals surface area contributed by atoms with Gasteiger partial charge in [-0.05, 0) is 36.1 Å². The molecule has 0 amide bonds. The zero-order valence-electron chi connectivity index (χ0n) is 14.9. The third-order valence-electron chi connectivity index (χ3n) is 5.05. The van der Waals surface area contributed by atoms with Gasteiger partial charge in [-0.15, -0.1) is 5.10 Å². The van der Waals surface area contributed by atoms with Crippen molar-refractivity contribution in [3.05, 3.63) is 72.1 Å². The van der Waals surface area contributed by atoms with Crippen LogP contribution in [0.3, 0.4) is 0 Å². The van der Waals surface area contributed by atoms with Crippen LogP contribution in [0.5, 0.6) is 0 Å². The highest BCUT2D eigenvalue weighted by molar-refractivity contribution is 5.83. The van der Waals surface area contributed by atoms with Crippen molar-refractivity contribution >= 4 is 28.4 Å². The van der Waals surface area contributed by atoms with E-state index in [1.54, 1.807) is 6.20 Å². The number of rotatable bonds is 5. The van der Waals surface area contributed by atoms with E-state index in [1.807, 2.05) is 12.1 Å². The molecule has 6 nitrogen and oxygen atoms in total. The van der Waals surface area contributed by atoms with E-state index in [1.165, 1.54) is 27.7 Å². The fourth-order valence-electron chi connectivity index (χ4n) is 3.70. The summed E-state index contributed by atoms with van der Waals surface area (Å²) in [5.74, 6) is 1.40. The summed E-state index contributed by atoms with van der Waals surface area (Å²) >= 11 is 0. The lowest BCUT2D eigenvalue weighted by Gasteiger charge is -2.17. The summed E-state index contributed by atoms with van der Waals surface area (Å²) in [6.07, 6.45) is 5.69. The number of anilines is 3. The first-order valence-electron chi connectivity index (χ1n) is 9.22. The minimum Gasteiger partial charge on any atom is -0.368 e. The van der Waals surface area contributed by atoms with Gasteiger partial charge in [0.1, 0.15) is 0 Å². The van der Waals surface area contributed by atoms with Gasteiger partial charge in [0.2, 0.25) is 0 Å². The van der Waals surface area contributed by atoms with Gasteiger partial charge in [0.15, 0.2) is 5.82 Å². The van der Waals surface area contributed by atoms with Crippen LogP contribution in [0, 0.1) is 0 Å². The highest BCUT2D eigenvalue weighted by atomic mass is 15.3. The zero-order valence-corrected chi connectivity index (χ0v) is 14.9. The van der Waals surface area contributed by atoms with E-state index < -0.39 is 0 Å². The monoisotopic (exact) mass is 356 g/mol. The smallest absolute Gasteiger partial charge is 0.251 e. The minimum absolute atomic E-state index is 0.650. The summed E-state index contributed by atoms with van der Waals surface area (Å²) < 4.78 is 0. The second-order valence-corrected chi connectivity index (χ2v) is 6.71. The summed E-state index contributed by atoms with van der Waals surface area (Å²) in [5, 5.41) is 13.0. The van der Waals surface area contributed by atoms with Gasteiger partial charge in [-0.2, -0.15) is 10.1 Å². The first-order chi connectivity index (χ1) is 13.4. The second kappa shape index (κ2) is 6.72. The minimum atomic E-state index is 0.650. The lowest BCUT2D eigenvalue weighted by atomic mass is 10.1. The summed E-state index contributed by atoms with van der Waals surface area (Å²) in [5.41, 5.74) is 4.98. The number of benzene rings is 2. The molecule has 0 radical (unpaired) electrons. The van der Waals surface area contributed by atoms with Crippen molar-refractivity contribution in [3.8, 4) is 0 Å². The quantitative estimate of drug-likeness (QED) is 0.571. The third-order valence-corrected chi connectivity index (χ3v) is 5.05. The van der Waals surface area contributed by atoms with Crippen LogP contribution in [0.1, 0.15) is 11.1 Å². The number of hydrogen-bond donors (Lipinski definition) is 2. The van der Waals surface area contributed by atoms with Crippen molar-refractivity contribution in [2.75, 3.05) is 23.3 Å². The number of nitrogens with one attached hydrogen (secondary N) is 2. The molecule has 5 rings (SSSR count). The fourth-order valence-corrected chi connectivity index (χ4v) is 3.70. The average molecular weight is 356 g/mol. The molecule has 6 heteroatoms. The number of fused-ring (bicyclic) bond motifs is 2. The van der Waals surface area contributed by atoms with E-state index in [-0.39, 0.29) is 0 Å². The molecule has 2 N–H and O–H groups in total.